The molecule has 0 saturated carbocycles. The molecule has 6 nitrogen and oxygen atoms in total. The van der Waals surface area contributed by atoms with E-state index in [1.54, 1.807) is 0 Å². The number of nitrogens with one attached hydrogen (secondary N) is 1. The Kier molecular flexibility index (Phi) is 16.3. The molecule has 0 rings (SSSR count). The fraction of sp³-hybridized carbons (Fsp3) is 0.500. The summed E-state index contributed by atoms with van der Waals surface area (Å²) in [6.07, 6.45) is -0.487. The van der Waals surface area contributed by atoms with E-state index in [1.807, 2.05) is 5.32 Å². The molecule has 14 heavy (non-hydrogen) atoms. The van der Waals surface area contributed by atoms with Crippen LogP contribution in [0.15, 0.2) is 0 Å². The monoisotopic (exact) mass is 219 g/mol. The summed E-state index contributed by atoms with van der Waals surface area (Å²) in [6.45, 7) is 0. The molecule has 0 aliphatic heterocycles. The van der Waals surface area contributed by atoms with Crippen LogP contribution in [0.5, 0.6) is 0 Å². The Morgan fingerprint density at radius 2 is 1.79 bits per heavy atom. The molecule has 0 aliphatic carbocycles. The van der Waals surface area contributed by atoms with Crippen molar-refractivity contribution in [2.75, 3.05) is 0 Å². The van der Waals surface area contributed by atoms with Crippen LogP contribution < -0.4 is 74.6 Å². The minimum absolute atomic E-state index is 0. The molecular formula is C6H7NNa2O5. The zero-order valence-electron chi connectivity index (χ0n) is 8.11. The van der Waals surface area contributed by atoms with Crippen LogP contribution in [0.3, 0.4) is 0 Å². The first-order valence-electron chi connectivity index (χ1n) is 3.18. The molecule has 0 saturated heterocycles. The van der Waals surface area contributed by atoms with Gasteiger partial charge < -0.3 is 25.1 Å². The zero-order chi connectivity index (χ0) is 9.56. The van der Waals surface area contributed by atoms with Gasteiger partial charge in [0.15, 0.2) is 0 Å². The molecule has 0 aliphatic rings. The Labute approximate surface area is 125 Å². The third-order valence-corrected chi connectivity index (χ3v) is 1.19. The fourth-order valence-corrected chi connectivity index (χ4v) is 0.614. The second kappa shape index (κ2) is 11.5. The summed E-state index contributed by atoms with van der Waals surface area (Å²) < 4.78 is 0. The smallest absolute Gasteiger partial charge is 0.550 e. The summed E-state index contributed by atoms with van der Waals surface area (Å²) >= 11 is 0. The first-order valence-corrected chi connectivity index (χ1v) is 3.18. The fourth-order valence-electron chi connectivity index (χ4n) is 0.614. The summed E-state index contributed by atoms with van der Waals surface area (Å²) in [4.78, 5) is 29.8. The van der Waals surface area contributed by atoms with E-state index in [9.17, 15) is 24.6 Å². The van der Waals surface area contributed by atoms with Gasteiger partial charge in [0.05, 0.1) is 12.0 Å². The van der Waals surface area contributed by atoms with Gasteiger partial charge in [0, 0.05) is 5.97 Å². The third-order valence-electron chi connectivity index (χ3n) is 1.19. The van der Waals surface area contributed by atoms with Gasteiger partial charge in [0.25, 0.3) is 0 Å². The summed E-state index contributed by atoms with van der Waals surface area (Å²) in [6, 6.07) is -1.26. The van der Waals surface area contributed by atoms with Crippen molar-refractivity contribution >= 4 is 18.3 Å². The van der Waals surface area contributed by atoms with Crippen molar-refractivity contribution in [1.29, 1.82) is 0 Å². The molecule has 1 unspecified atom stereocenters. The van der Waals surface area contributed by atoms with E-state index in [4.69, 9.17) is 0 Å². The summed E-state index contributed by atoms with van der Waals surface area (Å²) in [5.74, 6) is -2.88. The topological polar surface area (TPSA) is 109 Å². The number of aliphatic carboxylic acids is 2. The van der Waals surface area contributed by atoms with Crippen molar-refractivity contribution in [3.63, 3.8) is 0 Å². The number of amides is 1. The predicted octanol–water partition coefficient (Wildman–Crippen LogP) is -9.61. The Balaban J connectivity index is -0.000000605. The van der Waals surface area contributed by atoms with E-state index in [0.717, 1.165) is 0 Å². The molecule has 0 heterocycles. The maximum Gasteiger partial charge on any atom is 1.00 e. The molecule has 1 atom stereocenters. The Hall–Kier alpha value is 0.410. The second-order valence-electron chi connectivity index (χ2n) is 2.07. The van der Waals surface area contributed by atoms with E-state index in [0.29, 0.717) is 0 Å². The quantitative estimate of drug-likeness (QED) is 0.352. The number of rotatable bonds is 6. The van der Waals surface area contributed by atoms with Crippen LogP contribution in [0.2, 0.25) is 0 Å². The normalized spacial score (nSPS) is 10.0. The van der Waals surface area contributed by atoms with Gasteiger partial charge >= 0.3 is 59.1 Å². The molecule has 8 heteroatoms. The predicted molar refractivity (Wildman–Crippen MR) is 32.2 cm³/mol. The van der Waals surface area contributed by atoms with Crippen LogP contribution in [0.4, 0.5) is 0 Å². The zero-order valence-corrected chi connectivity index (χ0v) is 12.1. The number of hydrogen-bond acceptors (Lipinski definition) is 5. The summed E-state index contributed by atoms with van der Waals surface area (Å²) in [5, 5.41) is 21.9. The maximum absolute atomic E-state index is 10.2. The molecular weight excluding hydrogens is 212 g/mol. The van der Waals surface area contributed by atoms with Crippen molar-refractivity contribution in [1.82, 2.24) is 5.32 Å². The molecule has 0 aromatic heterocycles. The van der Waals surface area contributed by atoms with Gasteiger partial charge in [-0.3, -0.25) is 4.79 Å². The molecule has 0 spiro atoms. The van der Waals surface area contributed by atoms with Crippen molar-refractivity contribution in [2.45, 2.75) is 18.9 Å². The van der Waals surface area contributed by atoms with Gasteiger partial charge in [-0.05, 0) is 12.8 Å². The molecule has 0 fully saturated rings. The number of hydrogen-bond donors (Lipinski definition) is 1. The van der Waals surface area contributed by atoms with Crippen molar-refractivity contribution in [3.8, 4) is 0 Å². The van der Waals surface area contributed by atoms with Crippen molar-refractivity contribution < 1.29 is 83.7 Å². The molecule has 1 amide bonds. The maximum atomic E-state index is 10.2. The van der Waals surface area contributed by atoms with Gasteiger partial charge in [-0.15, -0.1) is 0 Å². The van der Waals surface area contributed by atoms with Crippen molar-refractivity contribution in [3.05, 3.63) is 0 Å². The molecule has 0 bridgehead atoms. The van der Waals surface area contributed by atoms with Crippen LogP contribution in [0, 0.1) is 0 Å². The Morgan fingerprint density at radius 1 is 1.29 bits per heavy atom. The molecule has 0 radical (unpaired) electrons. The Morgan fingerprint density at radius 3 is 2.07 bits per heavy atom. The van der Waals surface area contributed by atoms with Crippen LogP contribution in [0.25, 0.3) is 0 Å². The average Bonchev–Trinajstić information content (AvgIpc) is 1.96. The molecule has 0 aromatic rings. The van der Waals surface area contributed by atoms with E-state index in [-0.39, 0.29) is 71.9 Å². The number of carboxylic acid groups (broad SMARTS) is 2. The van der Waals surface area contributed by atoms with Gasteiger partial charge in [-0.1, -0.05) is 0 Å². The number of carbonyl (C=O) groups is 3. The third kappa shape index (κ3) is 10.5. The van der Waals surface area contributed by atoms with Crippen LogP contribution >= 0.6 is 0 Å². The van der Waals surface area contributed by atoms with Crippen molar-refractivity contribution in [2.24, 2.45) is 0 Å². The molecule has 68 valence electrons. The molecule has 1 N–H and O–H groups in total. The van der Waals surface area contributed by atoms with Gasteiger partial charge in [0.1, 0.15) is 0 Å². The Bertz CT molecular complexity index is 199. The number of carbonyl (C=O) groups excluding carboxylic acids is 3. The summed E-state index contributed by atoms with van der Waals surface area (Å²) in [5.41, 5.74) is 0. The standard InChI is InChI=1S/C6H9NO5.2Na/c8-3-7-4(6(11)12)1-2-5(9)10;;/h3-4H,1-2H2,(H,7,8)(H,9,10)(H,11,12);;/q;2*+1/p-2. The van der Waals surface area contributed by atoms with E-state index >= 15 is 0 Å². The largest absolute Gasteiger partial charge is 1.00 e. The van der Waals surface area contributed by atoms with Gasteiger partial charge in [-0.2, -0.15) is 0 Å². The van der Waals surface area contributed by atoms with Crippen LogP contribution in [-0.2, 0) is 14.4 Å². The average molecular weight is 219 g/mol. The van der Waals surface area contributed by atoms with Crippen LogP contribution in [-0.4, -0.2) is 24.4 Å². The second-order valence-corrected chi connectivity index (χ2v) is 2.07. The van der Waals surface area contributed by atoms with E-state index < -0.39 is 24.4 Å². The van der Waals surface area contributed by atoms with E-state index in [2.05, 4.69) is 0 Å². The first kappa shape index (κ1) is 19.9. The number of carboxylic acids is 2. The van der Waals surface area contributed by atoms with Crippen LogP contribution in [0.1, 0.15) is 12.8 Å². The van der Waals surface area contributed by atoms with E-state index in [1.165, 1.54) is 0 Å². The van der Waals surface area contributed by atoms with Gasteiger partial charge in [0.2, 0.25) is 6.41 Å². The minimum Gasteiger partial charge on any atom is -0.550 e. The molecule has 0 aromatic carbocycles. The SMILES string of the molecule is O=CNC(CCC(=O)[O-])C(=O)[O-].[Na+].[Na+]. The first-order chi connectivity index (χ1) is 5.57. The minimum atomic E-state index is -1.51. The van der Waals surface area contributed by atoms with Gasteiger partial charge in [-0.25, -0.2) is 0 Å². The summed E-state index contributed by atoms with van der Waals surface area (Å²) in [7, 11) is 0.